The van der Waals surface area contributed by atoms with Crippen LogP contribution >= 0.6 is 22.9 Å². The molecule has 4 heteroatoms. The minimum absolute atomic E-state index is 0.728. The molecule has 0 bridgehead atoms. The molecular weight excluding hydrogens is 240 g/mol. The highest BCUT2D eigenvalue weighted by Crippen LogP contribution is 2.31. The van der Waals surface area contributed by atoms with Gasteiger partial charge in [0.15, 0.2) is 0 Å². The summed E-state index contributed by atoms with van der Waals surface area (Å²) in [5, 5.41) is 6.79. The molecule has 16 heavy (non-hydrogen) atoms. The van der Waals surface area contributed by atoms with Crippen molar-refractivity contribution in [1.29, 1.82) is 0 Å². The summed E-state index contributed by atoms with van der Waals surface area (Å²) in [6.45, 7) is 4.04. The van der Waals surface area contributed by atoms with Crippen molar-refractivity contribution in [2.75, 3.05) is 12.4 Å². The number of alkyl halides is 1. The summed E-state index contributed by atoms with van der Waals surface area (Å²) < 4.78 is 0. The fourth-order valence-electron chi connectivity index (χ4n) is 2.46. The largest absolute Gasteiger partial charge is 0.311 e. The molecule has 1 saturated carbocycles. The minimum atomic E-state index is 0.728. The Bertz CT molecular complexity index is 327. The quantitative estimate of drug-likeness (QED) is 0.821. The van der Waals surface area contributed by atoms with Crippen LogP contribution in [0.1, 0.15) is 30.0 Å². The predicted octanol–water partition coefficient (Wildman–Crippen LogP) is 3.20. The second-order valence-corrected chi connectivity index (χ2v) is 5.96. The van der Waals surface area contributed by atoms with Crippen molar-refractivity contribution in [2.45, 2.75) is 32.7 Å². The van der Waals surface area contributed by atoms with Gasteiger partial charge in [-0.3, -0.25) is 0 Å². The zero-order chi connectivity index (χ0) is 11.4. The summed E-state index contributed by atoms with van der Waals surface area (Å²) in [6.07, 6.45) is 3.99. The van der Waals surface area contributed by atoms with Crippen LogP contribution in [0.15, 0.2) is 5.38 Å². The summed E-state index contributed by atoms with van der Waals surface area (Å²) in [5.41, 5.74) is 1.17. The first-order chi connectivity index (χ1) is 7.79. The number of aromatic nitrogens is 1. The molecule has 0 spiro atoms. The molecule has 2 nitrogen and oxygen atoms in total. The van der Waals surface area contributed by atoms with E-state index in [1.807, 2.05) is 0 Å². The molecule has 2 rings (SSSR count). The van der Waals surface area contributed by atoms with E-state index in [4.69, 9.17) is 11.6 Å². The third kappa shape index (κ3) is 3.19. The summed E-state index contributed by atoms with van der Waals surface area (Å²) in [4.78, 5) is 4.44. The number of aryl methyl sites for hydroxylation is 1. The highest BCUT2D eigenvalue weighted by atomic mass is 35.5. The fourth-order valence-corrected chi connectivity index (χ4v) is 3.48. The van der Waals surface area contributed by atoms with Gasteiger partial charge < -0.3 is 5.32 Å². The summed E-state index contributed by atoms with van der Waals surface area (Å²) in [5.74, 6) is 2.32. The molecule has 1 aromatic heterocycles. The van der Waals surface area contributed by atoms with E-state index in [2.05, 4.69) is 22.6 Å². The van der Waals surface area contributed by atoms with Gasteiger partial charge in [-0.2, -0.15) is 0 Å². The van der Waals surface area contributed by atoms with Crippen molar-refractivity contribution >= 4 is 22.9 Å². The highest BCUT2D eigenvalue weighted by molar-refractivity contribution is 7.09. The number of thiazole rings is 1. The highest BCUT2D eigenvalue weighted by Gasteiger charge is 2.25. The van der Waals surface area contributed by atoms with Crippen LogP contribution in [0.5, 0.6) is 0 Å². The Kier molecular flexibility index (Phi) is 4.62. The first kappa shape index (κ1) is 12.3. The second kappa shape index (κ2) is 5.99. The van der Waals surface area contributed by atoms with Crippen molar-refractivity contribution < 1.29 is 0 Å². The van der Waals surface area contributed by atoms with Crippen LogP contribution in [0.2, 0.25) is 0 Å². The zero-order valence-electron chi connectivity index (χ0n) is 9.71. The summed E-state index contributed by atoms with van der Waals surface area (Å²) in [6, 6.07) is 0. The molecule has 1 aliphatic carbocycles. The maximum Gasteiger partial charge on any atom is 0.0897 e. The summed E-state index contributed by atoms with van der Waals surface area (Å²) in [7, 11) is 0. The van der Waals surface area contributed by atoms with Crippen LogP contribution in [-0.2, 0) is 6.54 Å². The van der Waals surface area contributed by atoms with Gasteiger partial charge in [-0.25, -0.2) is 4.98 Å². The molecule has 1 heterocycles. The Labute approximate surface area is 106 Å². The lowest BCUT2D eigenvalue weighted by Crippen LogP contribution is -2.25. The molecule has 1 aromatic rings. The second-order valence-electron chi connectivity index (χ2n) is 4.59. The van der Waals surface area contributed by atoms with Gasteiger partial charge in [0.2, 0.25) is 0 Å². The monoisotopic (exact) mass is 258 g/mol. The van der Waals surface area contributed by atoms with Crippen molar-refractivity contribution in [3.63, 3.8) is 0 Å². The van der Waals surface area contributed by atoms with Gasteiger partial charge in [0.05, 0.1) is 10.7 Å². The van der Waals surface area contributed by atoms with E-state index in [0.29, 0.717) is 0 Å². The van der Waals surface area contributed by atoms with Crippen LogP contribution in [0.25, 0.3) is 0 Å². The molecular formula is C12H19ClN2S. The van der Waals surface area contributed by atoms with E-state index < -0.39 is 0 Å². The van der Waals surface area contributed by atoms with Gasteiger partial charge in [-0.05, 0) is 38.1 Å². The van der Waals surface area contributed by atoms with Crippen LogP contribution in [-0.4, -0.2) is 17.4 Å². The molecule has 0 saturated heterocycles. The molecule has 1 N–H and O–H groups in total. The van der Waals surface area contributed by atoms with Gasteiger partial charge >= 0.3 is 0 Å². The number of hydrogen-bond acceptors (Lipinski definition) is 3. The Morgan fingerprint density at radius 3 is 3.00 bits per heavy atom. The van der Waals surface area contributed by atoms with E-state index in [9.17, 15) is 0 Å². The third-order valence-corrected chi connectivity index (χ3v) is 4.61. The van der Waals surface area contributed by atoms with E-state index in [0.717, 1.165) is 35.8 Å². The van der Waals surface area contributed by atoms with Gasteiger partial charge in [0.1, 0.15) is 0 Å². The molecule has 0 aromatic carbocycles. The van der Waals surface area contributed by atoms with E-state index >= 15 is 0 Å². The standard InChI is InChI=1S/C12H19ClN2S/c1-9-15-12(8-16-9)7-14-6-11-4-2-3-10(11)5-13/h8,10-11,14H,2-7H2,1H3. The number of halogens is 1. The first-order valence-corrected chi connectivity index (χ1v) is 7.38. The van der Waals surface area contributed by atoms with Crippen LogP contribution < -0.4 is 5.32 Å². The van der Waals surface area contributed by atoms with Crippen molar-refractivity contribution in [3.05, 3.63) is 16.1 Å². The lowest BCUT2D eigenvalue weighted by molar-refractivity contribution is 0.395. The molecule has 0 aliphatic heterocycles. The molecule has 0 amide bonds. The van der Waals surface area contributed by atoms with Gasteiger partial charge in [0, 0.05) is 17.8 Å². The lowest BCUT2D eigenvalue weighted by atomic mass is 9.98. The SMILES string of the molecule is Cc1nc(CNCC2CCCC2CCl)cs1. The van der Waals surface area contributed by atoms with Crippen molar-refractivity contribution in [1.82, 2.24) is 10.3 Å². The van der Waals surface area contributed by atoms with Crippen LogP contribution in [0.3, 0.4) is 0 Å². The van der Waals surface area contributed by atoms with E-state index in [1.54, 1.807) is 11.3 Å². The Hall–Kier alpha value is -0.120. The van der Waals surface area contributed by atoms with Crippen LogP contribution in [0, 0.1) is 18.8 Å². The fraction of sp³-hybridized carbons (Fsp3) is 0.750. The number of hydrogen-bond donors (Lipinski definition) is 1. The number of nitrogens with zero attached hydrogens (tertiary/aromatic N) is 1. The maximum absolute atomic E-state index is 5.96. The van der Waals surface area contributed by atoms with Crippen molar-refractivity contribution in [2.24, 2.45) is 11.8 Å². The number of nitrogens with one attached hydrogen (secondary N) is 1. The Morgan fingerprint density at radius 1 is 1.50 bits per heavy atom. The van der Waals surface area contributed by atoms with E-state index in [-0.39, 0.29) is 0 Å². The molecule has 0 radical (unpaired) electrons. The zero-order valence-corrected chi connectivity index (χ0v) is 11.3. The van der Waals surface area contributed by atoms with Gasteiger partial charge in [-0.15, -0.1) is 22.9 Å². The van der Waals surface area contributed by atoms with Crippen LogP contribution in [0.4, 0.5) is 0 Å². The predicted molar refractivity (Wildman–Crippen MR) is 70.1 cm³/mol. The van der Waals surface area contributed by atoms with E-state index in [1.165, 1.54) is 25.0 Å². The molecule has 2 atom stereocenters. The normalized spacial score (nSPS) is 25.1. The average molecular weight is 259 g/mol. The number of rotatable bonds is 5. The first-order valence-electron chi connectivity index (χ1n) is 5.97. The molecule has 1 aliphatic rings. The van der Waals surface area contributed by atoms with Gasteiger partial charge in [-0.1, -0.05) is 6.42 Å². The Morgan fingerprint density at radius 2 is 2.31 bits per heavy atom. The van der Waals surface area contributed by atoms with Crippen molar-refractivity contribution in [3.8, 4) is 0 Å². The topological polar surface area (TPSA) is 24.9 Å². The third-order valence-electron chi connectivity index (χ3n) is 3.39. The Balaban J connectivity index is 1.71. The van der Waals surface area contributed by atoms with Gasteiger partial charge in [0.25, 0.3) is 0 Å². The lowest BCUT2D eigenvalue weighted by Gasteiger charge is -2.17. The maximum atomic E-state index is 5.96. The minimum Gasteiger partial charge on any atom is -0.311 e. The summed E-state index contributed by atoms with van der Waals surface area (Å²) >= 11 is 7.68. The molecule has 90 valence electrons. The smallest absolute Gasteiger partial charge is 0.0897 e. The average Bonchev–Trinajstić information content (AvgIpc) is 2.87. The molecule has 2 unspecified atom stereocenters. The molecule has 1 fully saturated rings.